The first-order chi connectivity index (χ1) is 4.95. The third-order valence-corrected chi connectivity index (χ3v) is 1.05. The monoisotopic (exact) mass is 163 g/mol. The van der Waals surface area contributed by atoms with Crippen molar-refractivity contribution in [2.75, 3.05) is 20.6 Å². The third kappa shape index (κ3) is 3.83. The number of halogens is 2. The predicted octanol–water partition coefficient (Wildman–Crippen LogP) is 0.938. The molecular formula is C7H11F2NO. The molecule has 4 heteroatoms. The van der Waals surface area contributed by atoms with Crippen molar-refractivity contribution in [3.63, 3.8) is 0 Å². The largest absolute Gasteiger partial charge is 0.305 e. The van der Waals surface area contributed by atoms with E-state index in [4.69, 9.17) is 0 Å². The fourth-order valence-electron chi connectivity index (χ4n) is 0.614. The quantitative estimate of drug-likeness (QED) is 0.575. The highest BCUT2D eigenvalue weighted by Crippen LogP contribution is 2.03. The van der Waals surface area contributed by atoms with E-state index in [0.29, 0.717) is 0 Å². The summed E-state index contributed by atoms with van der Waals surface area (Å²) >= 11 is 0. The number of rotatable bonds is 4. The minimum Gasteiger partial charge on any atom is -0.305 e. The second-order valence-corrected chi connectivity index (χ2v) is 2.51. The molecule has 0 aromatic heterocycles. The molecular weight excluding hydrogens is 152 g/mol. The normalized spacial score (nSPS) is 10.7. The van der Waals surface area contributed by atoms with Crippen LogP contribution in [0.25, 0.3) is 0 Å². The molecule has 0 fully saturated rings. The first kappa shape index (κ1) is 10.2. The van der Waals surface area contributed by atoms with E-state index >= 15 is 0 Å². The number of Topliss-reactive ketones (excluding diaryl/α,β-unsaturated/α-hetero) is 1. The maximum absolute atomic E-state index is 11.7. The summed E-state index contributed by atoms with van der Waals surface area (Å²) in [6, 6.07) is 0. The van der Waals surface area contributed by atoms with Crippen LogP contribution in [0.2, 0.25) is 0 Å². The summed E-state index contributed by atoms with van der Waals surface area (Å²) in [7, 11) is 3.37. The van der Waals surface area contributed by atoms with Crippen LogP contribution in [-0.4, -0.2) is 37.7 Å². The second-order valence-electron chi connectivity index (χ2n) is 2.51. The summed E-state index contributed by atoms with van der Waals surface area (Å²) in [5, 5.41) is 0. The topological polar surface area (TPSA) is 20.3 Å². The zero-order chi connectivity index (χ0) is 9.02. The Hall–Kier alpha value is -0.770. The Morgan fingerprint density at radius 1 is 1.55 bits per heavy atom. The molecule has 0 spiro atoms. The van der Waals surface area contributed by atoms with Gasteiger partial charge < -0.3 is 4.90 Å². The highest BCUT2D eigenvalue weighted by atomic mass is 19.3. The van der Waals surface area contributed by atoms with Crippen LogP contribution in [0.15, 0.2) is 12.2 Å². The number of carbonyl (C=O) groups is 1. The molecule has 0 aliphatic heterocycles. The lowest BCUT2D eigenvalue weighted by atomic mass is 10.2. The highest BCUT2D eigenvalue weighted by molar-refractivity contribution is 5.97. The minimum atomic E-state index is -2.93. The van der Waals surface area contributed by atoms with Crippen LogP contribution in [0.4, 0.5) is 8.78 Å². The van der Waals surface area contributed by atoms with Gasteiger partial charge >= 0.3 is 0 Å². The Balaban J connectivity index is 3.94. The fourth-order valence-corrected chi connectivity index (χ4v) is 0.614. The van der Waals surface area contributed by atoms with Crippen molar-refractivity contribution in [1.29, 1.82) is 0 Å². The van der Waals surface area contributed by atoms with Crippen molar-refractivity contribution in [3.8, 4) is 0 Å². The summed E-state index contributed by atoms with van der Waals surface area (Å²) in [5.74, 6) is -1.17. The summed E-state index contributed by atoms with van der Waals surface area (Å²) in [4.78, 5) is 12.1. The second kappa shape index (κ2) is 4.18. The summed E-state index contributed by atoms with van der Waals surface area (Å²) in [6.45, 7) is 3.43. The van der Waals surface area contributed by atoms with Gasteiger partial charge in [0.05, 0.1) is 0 Å². The van der Waals surface area contributed by atoms with Gasteiger partial charge in [0.1, 0.15) is 0 Å². The van der Waals surface area contributed by atoms with Gasteiger partial charge in [0.25, 0.3) is 6.43 Å². The Morgan fingerprint density at radius 3 is 2.27 bits per heavy atom. The lowest BCUT2D eigenvalue weighted by Crippen LogP contribution is -2.22. The molecule has 0 bridgehead atoms. The first-order valence-corrected chi connectivity index (χ1v) is 3.10. The molecule has 0 amide bonds. The van der Waals surface area contributed by atoms with Crippen molar-refractivity contribution in [1.82, 2.24) is 4.90 Å². The molecule has 0 heterocycles. The maximum atomic E-state index is 11.7. The van der Waals surface area contributed by atoms with Gasteiger partial charge in [0.2, 0.25) is 5.78 Å². The molecule has 2 nitrogen and oxygen atoms in total. The van der Waals surface area contributed by atoms with Crippen LogP contribution in [0.5, 0.6) is 0 Å². The third-order valence-electron chi connectivity index (χ3n) is 1.05. The van der Waals surface area contributed by atoms with Crippen LogP contribution in [0.3, 0.4) is 0 Å². The lowest BCUT2D eigenvalue weighted by Gasteiger charge is -2.10. The van der Waals surface area contributed by atoms with E-state index < -0.39 is 12.2 Å². The van der Waals surface area contributed by atoms with Crippen LogP contribution in [0.1, 0.15) is 0 Å². The molecule has 0 rings (SSSR count). The van der Waals surface area contributed by atoms with E-state index in [0.717, 1.165) is 0 Å². The van der Waals surface area contributed by atoms with Crippen molar-refractivity contribution < 1.29 is 13.6 Å². The van der Waals surface area contributed by atoms with E-state index in [1.54, 1.807) is 19.0 Å². The standard InChI is InChI=1S/C7H11F2NO/c1-5(4-10(2)3)6(11)7(8)9/h7H,1,4H2,2-3H3. The number of hydrogen-bond donors (Lipinski definition) is 0. The Labute approximate surface area is 64.5 Å². The fraction of sp³-hybridized carbons (Fsp3) is 0.571. The molecule has 0 saturated heterocycles. The predicted molar refractivity (Wildman–Crippen MR) is 38.7 cm³/mol. The van der Waals surface area contributed by atoms with Gasteiger partial charge in [-0.05, 0) is 14.1 Å². The van der Waals surface area contributed by atoms with E-state index in [9.17, 15) is 13.6 Å². The van der Waals surface area contributed by atoms with E-state index in [1.807, 2.05) is 0 Å². The average Bonchev–Trinajstić information content (AvgIpc) is 1.84. The van der Waals surface area contributed by atoms with Gasteiger partial charge in [0, 0.05) is 12.1 Å². The van der Waals surface area contributed by atoms with Crippen LogP contribution in [0, 0.1) is 0 Å². The van der Waals surface area contributed by atoms with Gasteiger partial charge in [-0.3, -0.25) is 4.79 Å². The average molecular weight is 163 g/mol. The number of hydrogen-bond acceptors (Lipinski definition) is 2. The van der Waals surface area contributed by atoms with Crippen LogP contribution < -0.4 is 0 Å². The molecule has 0 aliphatic rings. The zero-order valence-electron chi connectivity index (χ0n) is 6.60. The van der Waals surface area contributed by atoms with Crippen molar-refractivity contribution in [2.24, 2.45) is 0 Å². The van der Waals surface area contributed by atoms with Gasteiger partial charge in [-0.2, -0.15) is 0 Å². The van der Waals surface area contributed by atoms with Crippen molar-refractivity contribution >= 4 is 5.78 Å². The smallest absolute Gasteiger partial charge is 0.300 e. The molecule has 0 saturated carbocycles. The molecule has 0 unspecified atom stereocenters. The molecule has 64 valence electrons. The molecule has 0 atom stereocenters. The van der Waals surface area contributed by atoms with Gasteiger partial charge in [-0.1, -0.05) is 6.58 Å². The summed E-state index contributed by atoms with van der Waals surface area (Å²) in [6.07, 6.45) is -2.93. The Kier molecular flexibility index (Phi) is 3.89. The van der Waals surface area contributed by atoms with Crippen molar-refractivity contribution in [3.05, 3.63) is 12.2 Å². The lowest BCUT2D eigenvalue weighted by molar-refractivity contribution is -0.125. The summed E-state index contributed by atoms with van der Waals surface area (Å²) in [5.41, 5.74) is -0.0509. The molecule has 0 aliphatic carbocycles. The number of carbonyl (C=O) groups excluding carboxylic acids is 1. The van der Waals surface area contributed by atoms with Crippen molar-refractivity contribution in [2.45, 2.75) is 6.43 Å². The molecule has 11 heavy (non-hydrogen) atoms. The first-order valence-electron chi connectivity index (χ1n) is 3.10. The van der Waals surface area contributed by atoms with E-state index in [2.05, 4.69) is 6.58 Å². The van der Waals surface area contributed by atoms with Crippen LogP contribution >= 0.6 is 0 Å². The van der Waals surface area contributed by atoms with E-state index in [-0.39, 0.29) is 12.1 Å². The number of alkyl halides is 2. The van der Waals surface area contributed by atoms with Crippen LogP contribution in [-0.2, 0) is 4.79 Å². The molecule has 0 aromatic carbocycles. The maximum Gasteiger partial charge on any atom is 0.300 e. The molecule has 0 N–H and O–H groups in total. The zero-order valence-corrected chi connectivity index (χ0v) is 6.60. The highest BCUT2D eigenvalue weighted by Gasteiger charge is 2.18. The van der Waals surface area contributed by atoms with Gasteiger partial charge in [-0.25, -0.2) is 8.78 Å². The number of nitrogens with zero attached hydrogens (tertiary/aromatic N) is 1. The van der Waals surface area contributed by atoms with E-state index in [1.165, 1.54) is 0 Å². The van der Waals surface area contributed by atoms with Gasteiger partial charge in [0.15, 0.2) is 0 Å². The molecule has 0 radical (unpaired) electrons. The summed E-state index contributed by atoms with van der Waals surface area (Å²) < 4.78 is 23.4. The number of ketones is 1. The van der Waals surface area contributed by atoms with Gasteiger partial charge in [-0.15, -0.1) is 0 Å². The Morgan fingerprint density at radius 2 is 2.00 bits per heavy atom. The minimum absolute atomic E-state index is 0.0509. The SMILES string of the molecule is C=C(CN(C)C)C(=O)C(F)F. The Bertz CT molecular complexity index is 166. The number of likely N-dealkylation sites (N-methyl/N-ethyl adjacent to an activating group) is 1. The molecule has 0 aromatic rings.